The number of carbonyl (C=O) groups excluding carboxylic acids is 1. The summed E-state index contributed by atoms with van der Waals surface area (Å²) in [5.74, 6) is -1.75. The molecule has 0 spiro atoms. The van der Waals surface area contributed by atoms with Crippen LogP contribution >= 0.6 is 0 Å². The second kappa shape index (κ2) is 9.06. The molecule has 0 heterocycles. The Kier molecular flexibility index (Phi) is 6.29. The van der Waals surface area contributed by atoms with Gasteiger partial charge in [-0.05, 0) is 23.6 Å². The van der Waals surface area contributed by atoms with Crippen molar-refractivity contribution in [3.63, 3.8) is 0 Å². The van der Waals surface area contributed by atoms with E-state index in [1.165, 1.54) is 6.92 Å². The van der Waals surface area contributed by atoms with Crippen molar-refractivity contribution in [2.75, 3.05) is 0 Å². The largest absolute Gasteiger partial charge is 0.479 e. The van der Waals surface area contributed by atoms with Crippen molar-refractivity contribution in [1.82, 2.24) is 5.32 Å². The second-order valence-electron chi connectivity index (χ2n) is 6.95. The molecule has 5 nitrogen and oxygen atoms in total. The van der Waals surface area contributed by atoms with Gasteiger partial charge in [0.15, 0.2) is 0 Å². The van der Waals surface area contributed by atoms with Crippen molar-refractivity contribution in [2.45, 2.75) is 25.0 Å². The fourth-order valence-electron chi connectivity index (χ4n) is 3.37. The van der Waals surface area contributed by atoms with E-state index in [1.54, 1.807) is 0 Å². The lowest BCUT2D eigenvalue weighted by molar-refractivity contribution is -0.144. The molecule has 0 radical (unpaired) electrons. The molecule has 0 saturated carbocycles. The van der Waals surface area contributed by atoms with Crippen molar-refractivity contribution in [3.05, 3.63) is 108 Å². The molecule has 0 aliphatic heterocycles. The molecule has 5 heteroatoms. The number of carbonyl (C=O) groups is 2. The van der Waals surface area contributed by atoms with Crippen molar-refractivity contribution in [1.29, 1.82) is 0 Å². The predicted molar refractivity (Wildman–Crippen MR) is 111 cm³/mol. The van der Waals surface area contributed by atoms with Gasteiger partial charge in [0.1, 0.15) is 12.1 Å². The third kappa shape index (κ3) is 4.82. The predicted octanol–water partition coefficient (Wildman–Crippen LogP) is 4.59. The lowest BCUT2D eigenvalue weighted by atomic mass is 9.76. The zero-order chi connectivity index (χ0) is 20.7. The highest BCUT2D eigenvalue weighted by atomic mass is 16.5. The molecule has 29 heavy (non-hydrogen) atoms. The minimum atomic E-state index is -1.61. The number of rotatable bonds is 7. The van der Waals surface area contributed by atoms with Gasteiger partial charge < -0.3 is 15.2 Å². The first-order valence-corrected chi connectivity index (χ1v) is 9.33. The molecule has 1 amide bonds. The molecule has 0 fully saturated rings. The van der Waals surface area contributed by atoms with E-state index in [2.05, 4.69) is 5.32 Å². The summed E-state index contributed by atoms with van der Waals surface area (Å²) in [6.07, 6.45) is -0.782. The van der Waals surface area contributed by atoms with E-state index < -0.39 is 23.5 Å². The Labute approximate surface area is 170 Å². The number of carboxylic acid groups (broad SMARTS) is 1. The number of nitrogens with one attached hydrogen (secondary N) is 1. The smallest absolute Gasteiger partial charge is 0.408 e. The van der Waals surface area contributed by atoms with Gasteiger partial charge in [-0.1, -0.05) is 91.0 Å². The SMILES string of the molecule is C[C@](NC(=O)OCc1ccccc1)(C(=O)O)C(c1ccccc1)c1ccccc1. The van der Waals surface area contributed by atoms with Crippen LogP contribution in [0.5, 0.6) is 0 Å². The van der Waals surface area contributed by atoms with Crippen LogP contribution in [0.2, 0.25) is 0 Å². The van der Waals surface area contributed by atoms with E-state index in [9.17, 15) is 14.7 Å². The second-order valence-corrected chi connectivity index (χ2v) is 6.95. The molecule has 3 rings (SSSR count). The van der Waals surface area contributed by atoms with E-state index in [1.807, 2.05) is 91.0 Å². The van der Waals surface area contributed by atoms with Crippen LogP contribution in [-0.2, 0) is 16.1 Å². The molecule has 1 atom stereocenters. The lowest BCUT2D eigenvalue weighted by Crippen LogP contribution is -2.56. The molecule has 0 aliphatic carbocycles. The zero-order valence-corrected chi connectivity index (χ0v) is 16.1. The van der Waals surface area contributed by atoms with Gasteiger partial charge in [-0.2, -0.15) is 0 Å². The van der Waals surface area contributed by atoms with Gasteiger partial charge in [0, 0.05) is 5.92 Å². The molecule has 148 valence electrons. The van der Waals surface area contributed by atoms with Crippen molar-refractivity contribution >= 4 is 12.1 Å². The average molecular weight is 389 g/mol. The van der Waals surface area contributed by atoms with Crippen molar-refractivity contribution in [2.24, 2.45) is 0 Å². The summed E-state index contributed by atoms with van der Waals surface area (Å²) in [7, 11) is 0. The summed E-state index contributed by atoms with van der Waals surface area (Å²) < 4.78 is 5.28. The summed E-state index contributed by atoms with van der Waals surface area (Å²) in [4.78, 5) is 24.9. The molecular weight excluding hydrogens is 366 g/mol. The first kappa shape index (κ1) is 20.1. The Morgan fingerprint density at radius 1 is 0.862 bits per heavy atom. The number of hydrogen-bond acceptors (Lipinski definition) is 3. The maximum absolute atomic E-state index is 12.5. The monoisotopic (exact) mass is 389 g/mol. The normalized spacial score (nSPS) is 12.8. The molecular formula is C24H23NO4. The van der Waals surface area contributed by atoms with Crippen LogP contribution in [0.15, 0.2) is 91.0 Å². The Bertz CT molecular complexity index is 905. The Hall–Kier alpha value is -3.60. The van der Waals surface area contributed by atoms with Gasteiger partial charge in [0.2, 0.25) is 0 Å². The molecule has 0 bridgehead atoms. The van der Waals surface area contributed by atoms with Crippen LogP contribution in [0.3, 0.4) is 0 Å². The van der Waals surface area contributed by atoms with Gasteiger partial charge in [0.05, 0.1) is 0 Å². The molecule has 3 aromatic carbocycles. The Morgan fingerprint density at radius 2 is 1.31 bits per heavy atom. The van der Waals surface area contributed by atoms with Gasteiger partial charge in [-0.15, -0.1) is 0 Å². The molecule has 0 saturated heterocycles. The van der Waals surface area contributed by atoms with Gasteiger partial charge in [-0.25, -0.2) is 9.59 Å². The third-order valence-corrected chi connectivity index (χ3v) is 4.86. The van der Waals surface area contributed by atoms with Gasteiger partial charge in [-0.3, -0.25) is 0 Å². The minimum absolute atomic E-state index is 0.0592. The quantitative estimate of drug-likeness (QED) is 0.620. The van der Waals surface area contributed by atoms with Gasteiger partial charge >= 0.3 is 12.1 Å². The molecule has 0 unspecified atom stereocenters. The maximum Gasteiger partial charge on any atom is 0.408 e. The van der Waals surface area contributed by atoms with Crippen LogP contribution < -0.4 is 5.32 Å². The van der Waals surface area contributed by atoms with Crippen molar-refractivity contribution < 1.29 is 19.4 Å². The Balaban J connectivity index is 1.89. The molecule has 0 aliphatic rings. The fourth-order valence-corrected chi connectivity index (χ4v) is 3.37. The first-order valence-electron chi connectivity index (χ1n) is 9.33. The summed E-state index contributed by atoms with van der Waals surface area (Å²) in [5, 5.41) is 12.7. The number of benzene rings is 3. The fraction of sp³-hybridized carbons (Fsp3) is 0.167. The van der Waals surface area contributed by atoms with E-state index >= 15 is 0 Å². The maximum atomic E-state index is 12.5. The summed E-state index contributed by atoms with van der Waals surface area (Å²) >= 11 is 0. The number of ether oxygens (including phenoxy) is 1. The summed E-state index contributed by atoms with van der Waals surface area (Å²) in [6.45, 7) is 1.56. The van der Waals surface area contributed by atoms with E-state index in [0.717, 1.165) is 16.7 Å². The van der Waals surface area contributed by atoms with Gasteiger partial charge in [0.25, 0.3) is 0 Å². The van der Waals surface area contributed by atoms with Crippen LogP contribution in [0.4, 0.5) is 4.79 Å². The standard InChI is InChI=1S/C24H23NO4/c1-24(22(26)27,25-23(28)29-17-18-11-5-2-6-12-18)21(19-13-7-3-8-14-19)20-15-9-4-10-16-20/h2-16,21H,17H2,1H3,(H,25,28)(H,26,27)/t24-/m1/s1. The highest BCUT2D eigenvalue weighted by Crippen LogP contribution is 2.35. The lowest BCUT2D eigenvalue weighted by Gasteiger charge is -2.35. The summed E-state index contributed by atoms with van der Waals surface area (Å²) in [5.41, 5.74) is 0.775. The minimum Gasteiger partial charge on any atom is -0.479 e. The van der Waals surface area contributed by atoms with E-state index in [0.29, 0.717) is 0 Å². The third-order valence-electron chi connectivity index (χ3n) is 4.86. The number of alkyl carbamates (subject to hydrolysis) is 1. The zero-order valence-electron chi connectivity index (χ0n) is 16.1. The first-order chi connectivity index (χ1) is 14.0. The highest BCUT2D eigenvalue weighted by Gasteiger charge is 2.45. The number of aliphatic carboxylic acids is 1. The molecule has 3 aromatic rings. The van der Waals surface area contributed by atoms with Crippen LogP contribution in [0, 0.1) is 0 Å². The van der Waals surface area contributed by atoms with E-state index in [4.69, 9.17) is 4.74 Å². The van der Waals surface area contributed by atoms with Crippen LogP contribution in [0.1, 0.15) is 29.5 Å². The molecule has 2 N–H and O–H groups in total. The summed E-state index contributed by atoms with van der Waals surface area (Å²) in [6, 6.07) is 27.8. The number of hydrogen-bond donors (Lipinski definition) is 2. The number of amides is 1. The number of carboxylic acids is 1. The Morgan fingerprint density at radius 3 is 1.76 bits per heavy atom. The average Bonchev–Trinajstić information content (AvgIpc) is 2.74. The van der Waals surface area contributed by atoms with Crippen LogP contribution in [-0.4, -0.2) is 22.7 Å². The topological polar surface area (TPSA) is 75.6 Å². The molecule has 0 aromatic heterocycles. The van der Waals surface area contributed by atoms with Crippen LogP contribution in [0.25, 0.3) is 0 Å². The van der Waals surface area contributed by atoms with E-state index in [-0.39, 0.29) is 6.61 Å². The van der Waals surface area contributed by atoms with Crippen molar-refractivity contribution in [3.8, 4) is 0 Å². The highest BCUT2D eigenvalue weighted by molar-refractivity contribution is 5.86.